The molecular weight excluding hydrogens is 566 g/mol. The number of anilines is 1. The van der Waals surface area contributed by atoms with Crippen molar-refractivity contribution in [3.05, 3.63) is 77.7 Å². The molecule has 45 heavy (non-hydrogen) atoms. The maximum atomic E-state index is 14.2. The maximum absolute atomic E-state index is 14.2. The molecule has 4 aliphatic rings. The second kappa shape index (κ2) is 12.7. The van der Waals surface area contributed by atoms with Crippen LogP contribution >= 0.6 is 0 Å². The lowest BCUT2D eigenvalue weighted by atomic mass is 9.85. The first-order valence-corrected chi connectivity index (χ1v) is 16.0. The van der Waals surface area contributed by atoms with Crippen LogP contribution in [-0.2, 0) is 14.3 Å². The molecule has 10 heteroatoms. The number of benzene rings is 1. The predicted molar refractivity (Wildman–Crippen MR) is 175 cm³/mol. The molecular formula is C35H41N7O3. The summed E-state index contributed by atoms with van der Waals surface area (Å²) in [4.78, 5) is 38.4. The predicted octanol–water partition coefficient (Wildman–Crippen LogP) is 3.94. The van der Waals surface area contributed by atoms with Crippen molar-refractivity contribution < 1.29 is 14.3 Å². The topological polar surface area (TPSA) is 107 Å². The van der Waals surface area contributed by atoms with Crippen molar-refractivity contribution in [1.29, 1.82) is 0 Å². The molecule has 2 fully saturated rings. The van der Waals surface area contributed by atoms with Crippen LogP contribution in [0.3, 0.4) is 0 Å². The van der Waals surface area contributed by atoms with E-state index in [0.29, 0.717) is 52.4 Å². The Morgan fingerprint density at radius 1 is 1.07 bits per heavy atom. The Morgan fingerprint density at radius 2 is 1.96 bits per heavy atom. The Bertz CT molecular complexity index is 1690. The van der Waals surface area contributed by atoms with Crippen LogP contribution in [0, 0.1) is 12.3 Å². The average molecular weight is 608 g/mol. The third kappa shape index (κ3) is 6.36. The lowest BCUT2D eigenvalue weighted by molar-refractivity contribution is -0.133. The number of nitrogens with zero attached hydrogens (tertiary/aromatic N) is 5. The van der Waals surface area contributed by atoms with Gasteiger partial charge in [-0.2, -0.15) is 5.10 Å². The number of carbonyl (C=O) groups is 2. The van der Waals surface area contributed by atoms with Crippen LogP contribution in [0.15, 0.2) is 72.0 Å². The number of allylic oxidation sites excluding steroid dienone is 4. The van der Waals surface area contributed by atoms with Crippen LogP contribution in [0.5, 0.6) is 0 Å². The number of H-pyrrole nitrogens is 1. The zero-order valence-electron chi connectivity index (χ0n) is 25.9. The highest BCUT2D eigenvalue weighted by Gasteiger charge is 2.46. The lowest BCUT2D eigenvalue weighted by Crippen LogP contribution is -2.51. The number of aryl methyl sites for hydroxylation is 1. The first-order valence-electron chi connectivity index (χ1n) is 16.0. The van der Waals surface area contributed by atoms with Crippen molar-refractivity contribution in [2.45, 2.75) is 26.2 Å². The van der Waals surface area contributed by atoms with Gasteiger partial charge in [0.2, 0.25) is 11.8 Å². The summed E-state index contributed by atoms with van der Waals surface area (Å²) in [7, 11) is 0. The largest absolute Gasteiger partial charge is 0.379 e. The molecule has 1 aromatic carbocycles. The number of pyridine rings is 1. The van der Waals surface area contributed by atoms with Gasteiger partial charge in [-0.15, -0.1) is 0 Å². The quantitative estimate of drug-likeness (QED) is 0.400. The van der Waals surface area contributed by atoms with Gasteiger partial charge >= 0.3 is 0 Å². The highest BCUT2D eigenvalue weighted by molar-refractivity contribution is 6.00. The molecule has 5 heterocycles. The minimum atomic E-state index is -0.635. The molecule has 2 aromatic heterocycles. The number of ether oxygens (including phenoxy) is 1. The number of likely N-dealkylation sites (tertiary alicyclic amines) is 1. The van der Waals surface area contributed by atoms with Gasteiger partial charge in [0, 0.05) is 67.8 Å². The summed E-state index contributed by atoms with van der Waals surface area (Å²) >= 11 is 0. The van der Waals surface area contributed by atoms with Crippen molar-refractivity contribution in [3.8, 4) is 11.3 Å². The molecule has 0 radical (unpaired) electrons. The maximum Gasteiger partial charge on any atom is 0.237 e. The number of aromatic nitrogens is 3. The molecule has 3 aliphatic heterocycles. The molecule has 0 spiro atoms. The number of morpholine rings is 1. The van der Waals surface area contributed by atoms with Gasteiger partial charge in [-0.05, 0) is 74.2 Å². The van der Waals surface area contributed by atoms with Gasteiger partial charge in [-0.1, -0.05) is 24.3 Å². The lowest BCUT2D eigenvalue weighted by Gasteiger charge is -2.36. The fraction of sp³-hybridized carbons (Fsp3) is 0.429. The molecule has 234 valence electrons. The minimum absolute atomic E-state index is 0.00321. The van der Waals surface area contributed by atoms with Gasteiger partial charge in [0.15, 0.2) is 0 Å². The summed E-state index contributed by atoms with van der Waals surface area (Å²) in [6.07, 6.45) is 13.2. The molecule has 2 saturated heterocycles. The molecule has 2 N–H and O–H groups in total. The minimum Gasteiger partial charge on any atom is -0.379 e. The SMILES string of the molecule is Cc1cc(-c2n[nH]c3ccc(NC(=O)C4(CN5CCOCC5)CCN(CC(=O)N5CC=C(C6=CCC=C6)CC5)C4)cc23)ccn1. The van der Waals surface area contributed by atoms with E-state index in [-0.39, 0.29) is 11.8 Å². The Balaban J connectivity index is 1.06. The van der Waals surface area contributed by atoms with Crippen LogP contribution in [0.25, 0.3) is 22.2 Å². The van der Waals surface area contributed by atoms with Crippen molar-refractivity contribution >= 4 is 28.4 Å². The van der Waals surface area contributed by atoms with Gasteiger partial charge in [-0.25, -0.2) is 0 Å². The van der Waals surface area contributed by atoms with Gasteiger partial charge in [0.25, 0.3) is 0 Å². The van der Waals surface area contributed by atoms with E-state index in [9.17, 15) is 9.59 Å². The van der Waals surface area contributed by atoms with Crippen molar-refractivity contribution in [2.75, 3.05) is 70.9 Å². The molecule has 3 aromatic rings. The number of aromatic amines is 1. The summed E-state index contributed by atoms with van der Waals surface area (Å²) < 4.78 is 5.59. The number of hydrogen-bond acceptors (Lipinski definition) is 7. The second-order valence-corrected chi connectivity index (χ2v) is 12.7. The zero-order chi connectivity index (χ0) is 30.8. The normalized spacial score (nSPS) is 22.6. The highest BCUT2D eigenvalue weighted by atomic mass is 16.5. The fourth-order valence-electron chi connectivity index (χ4n) is 7.08. The third-order valence-corrected chi connectivity index (χ3v) is 9.60. The molecule has 1 unspecified atom stereocenters. The van der Waals surface area contributed by atoms with E-state index in [1.54, 1.807) is 6.20 Å². The van der Waals surface area contributed by atoms with Crippen molar-refractivity contribution in [2.24, 2.45) is 5.41 Å². The Kier molecular flexibility index (Phi) is 8.35. The van der Waals surface area contributed by atoms with E-state index in [1.807, 2.05) is 42.2 Å². The standard InChI is InChI=1S/C35H41N7O3/c1-25-20-28(8-12-36-25)33-30-21-29(6-7-31(30)38-39-33)37-34(44)35(23-40-16-18-45-19-17-40)11-15-41(24-35)22-32(43)42-13-9-27(10-14-42)26-4-2-3-5-26/h2,4-9,12,20-21H,3,10-11,13-19,22-24H2,1H3,(H,37,44)(H,38,39). The monoisotopic (exact) mass is 607 g/mol. The summed E-state index contributed by atoms with van der Waals surface area (Å²) in [6, 6.07) is 9.84. The first kappa shape index (κ1) is 29.6. The van der Waals surface area contributed by atoms with Gasteiger partial charge in [0.05, 0.1) is 30.7 Å². The number of amides is 2. The third-order valence-electron chi connectivity index (χ3n) is 9.60. The number of carbonyl (C=O) groups excluding carboxylic acids is 2. The molecule has 1 atom stereocenters. The first-order chi connectivity index (χ1) is 22.0. The van der Waals surface area contributed by atoms with Gasteiger partial charge in [0.1, 0.15) is 5.69 Å². The van der Waals surface area contributed by atoms with Crippen LogP contribution in [0.4, 0.5) is 5.69 Å². The average Bonchev–Trinajstić information content (AvgIpc) is 3.83. The number of hydrogen-bond donors (Lipinski definition) is 2. The Hall–Kier alpha value is -4.12. The highest BCUT2D eigenvalue weighted by Crippen LogP contribution is 2.35. The van der Waals surface area contributed by atoms with E-state index in [0.717, 1.165) is 66.0 Å². The smallest absolute Gasteiger partial charge is 0.237 e. The van der Waals surface area contributed by atoms with E-state index < -0.39 is 5.41 Å². The summed E-state index contributed by atoms with van der Waals surface area (Å²) in [5.74, 6) is 0.129. The van der Waals surface area contributed by atoms with E-state index in [1.165, 1.54) is 11.1 Å². The summed E-state index contributed by atoms with van der Waals surface area (Å²) in [5.41, 5.74) is 6.37. The molecule has 2 amide bonds. The molecule has 0 bridgehead atoms. The fourth-order valence-corrected chi connectivity index (χ4v) is 7.08. The number of fused-ring (bicyclic) bond motifs is 1. The van der Waals surface area contributed by atoms with Gasteiger partial charge in [-0.3, -0.25) is 29.5 Å². The van der Waals surface area contributed by atoms with E-state index in [2.05, 4.69) is 54.6 Å². The number of rotatable bonds is 8. The van der Waals surface area contributed by atoms with E-state index >= 15 is 0 Å². The van der Waals surface area contributed by atoms with Crippen LogP contribution in [0.1, 0.15) is 25.0 Å². The van der Waals surface area contributed by atoms with E-state index in [4.69, 9.17) is 4.74 Å². The molecule has 1 aliphatic carbocycles. The summed E-state index contributed by atoms with van der Waals surface area (Å²) in [5, 5.41) is 11.9. The van der Waals surface area contributed by atoms with Crippen LogP contribution in [-0.4, -0.2) is 107 Å². The molecule has 10 nitrogen and oxygen atoms in total. The van der Waals surface area contributed by atoms with Crippen LogP contribution < -0.4 is 5.32 Å². The number of nitrogens with one attached hydrogen (secondary N) is 2. The van der Waals surface area contributed by atoms with Gasteiger partial charge < -0.3 is 15.0 Å². The van der Waals surface area contributed by atoms with Crippen LogP contribution in [0.2, 0.25) is 0 Å². The molecule has 0 saturated carbocycles. The Labute approximate surface area is 263 Å². The van der Waals surface area contributed by atoms with Crippen molar-refractivity contribution in [3.63, 3.8) is 0 Å². The second-order valence-electron chi connectivity index (χ2n) is 12.7. The zero-order valence-corrected chi connectivity index (χ0v) is 25.9. The molecule has 7 rings (SSSR count). The Morgan fingerprint density at radius 3 is 2.73 bits per heavy atom. The summed E-state index contributed by atoms with van der Waals surface area (Å²) in [6.45, 7) is 8.52. The van der Waals surface area contributed by atoms with Crippen molar-refractivity contribution in [1.82, 2.24) is 29.9 Å².